The fourth-order valence-corrected chi connectivity index (χ4v) is 3.30. The zero-order chi connectivity index (χ0) is 17.9. The Bertz CT molecular complexity index is 544. The van der Waals surface area contributed by atoms with E-state index in [2.05, 4.69) is 61.2 Å². The van der Waals surface area contributed by atoms with Crippen molar-refractivity contribution in [3.8, 4) is 0 Å². The number of rotatable bonds is 11. The van der Waals surface area contributed by atoms with E-state index in [0.717, 1.165) is 19.5 Å². The molecule has 1 aromatic rings. The van der Waals surface area contributed by atoms with Gasteiger partial charge in [-0.3, -0.25) is 0 Å². The van der Waals surface area contributed by atoms with Crippen LogP contribution in [-0.4, -0.2) is 26.3 Å². The summed E-state index contributed by atoms with van der Waals surface area (Å²) in [4.78, 5) is 2.53. The van der Waals surface area contributed by atoms with Crippen LogP contribution in [0.2, 0.25) is 0 Å². The molecule has 25 heavy (non-hydrogen) atoms. The van der Waals surface area contributed by atoms with Gasteiger partial charge in [-0.15, -0.1) is 0 Å². The second-order valence-electron chi connectivity index (χ2n) is 7.17. The fourth-order valence-electron chi connectivity index (χ4n) is 3.30. The average Bonchev–Trinajstić information content (AvgIpc) is 2.65. The minimum Gasteiger partial charge on any atom is -0.377 e. The van der Waals surface area contributed by atoms with Crippen molar-refractivity contribution < 1.29 is 4.74 Å². The van der Waals surface area contributed by atoms with Crippen LogP contribution in [0.4, 0.5) is 5.69 Å². The van der Waals surface area contributed by atoms with Gasteiger partial charge in [0, 0.05) is 25.9 Å². The first-order valence-electron chi connectivity index (χ1n) is 9.94. The zero-order valence-corrected chi connectivity index (χ0v) is 16.3. The molecule has 0 bridgehead atoms. The second-order valence-corrected chi connectivity index (χ2v) is 7.17. The largest absolute Gasteiger partial charge is 0.377 e. The average molecular weight is 342 g/mol. The molecule has 0 N–H and O–H groups in total. The summed E-state index contributed by atoms with van der Waals surface area (Å²) in [6.45, 7) is 6.55. The summed E-state index contributed by atoms with van der Waals surface area (Å²) in [5.74, 6) is 0. The van der Waals surface area contributed by atoms with Crippen LogP contribution < -0.4 is 4.90 Å². The van der Waals surface area contributed by atoms with Crippen molar-refractivity contribution in [2.45, 2.75) is 64.9 Å². The first-order chi connectivity index (χ1) is 12.2. The molecule has 1 aliphatic rings. The number of aryl methyl sites for hydroxylation is 1. The van der Waals surface area contributed by atoms with Crippen molar-refractivity contribution in [1.82, 2.24) is 0 Å². The van der Waals surface area contributed by atoms with Crippen molar-refractivity contribution >= 4 is 5.69 Å². The molecule has 1 atom stereocenters. The smallest absolute Gasteiger partial charge is 0.0789 e. The van der Waals surface area contributed by atoms with E-state index >= 15 is 0 Å². The standard InChI is InChI=1S/C23H35NO/c1-4-5-6-7-8-9-18-24(22-14-10-20(2)11-15-22)19-21-12-16-23(25-3)17-13-21/h10-16,23H,4-9,17-19H2,1-3H3. The summed E-state index contributed by atoms with van der Waals surface area (Å²) in [5, 5.41) is 0. The number of methoxy groups -OCH3 is 1. The number of benzene rings is 1. The quantitative estimate of drug-likeness (QED) is 0.453. The molecule has 0 amide bonds. The van der Waals surface area contributed by atoms with Crippen LogP contribution >= 0.6 is 0 Å². The Morgan fingerprint density at radius 2 is 1.76 bits per heavy atom. The molecule has 0 heterocycles. The van der Waals surface area contributed by atoms with E-state index in [-0.39, 0.29) is 6.10 Å². The second kappa shape index (κ2) is 11.1. The topological polar surface area (TPSA) is 12.5 Å². The van der Waals surface area contributed by atoms with Gasteiger partial charge < -0.3 is 9.64 Å². The number of hydrogen-bond donors (Lipinski definition) is 0. The molecule has 0 spiro atoms. The van der Waals surface area contributed by atoms with Gasteiger partial charge in [-0.05, 0) is 37.5 Å². The summed E-state index contributed by atoms with van der Waals surface area (Å²) < 4.78 is 5.41. The van der Waals surface area contributed by atoms with Gasteiger partial charge in [0.1, 0.15) is 0 Å². The van der Waals surface area contributed by atoms with Crippen molar-refractivity contribution in [3.05, 3.63) is 53.6 Å². The lowest BCUT2D eigenvalue weighted by Crippen LogP contribution is -2.27. The van der Waals surface area contributed by atoms with Crippen LogP contribution in [0, 0.1) is 6.92 Å². The fraction of sp³-hybridized carbons (Fsp3) is 0.565. The van der Waals surface area contributed by atoms with Gasteiger partial charge >= 0.3 is 0 Å². The molecule has 0 radical (unpaired) electrons. The van der Waals surface area contributed by atoms with Crippen LogP contribution in [0.15, 0.2) is 48.1 Å². The Morgan fingerprint density at radius 1 is 1.04 bits per heavy atom. The Morgan fingerprint density at radius 3 is 2.40 bits per heavy atom. The lowest BCUT2D eigenvalue weighted by atomic mass is 10.0. The van der Waals surface area contributed by atoms with Gasteiger partial charge in [0.15, 0.2) is 0 Å². The number of unbranched alkanes of at least 4 members (excludes halogenated alkanes) is 5. The van der Waals surface area contributed by atoms with E-state index in [1.807, 2.05) is 0 Å². The van der Waals surface area contributed by atoms with Crippen LogP contribution in [0.5, 0.6) is 0 Å². The van der Waals surface area contributed by atoms with Gasteiger partial charge in [-0.1, -0.05) is 75.0 Å². The number of hydrogen-bond acceptors (Lipinski definition) is 2. The van der Waals surface area contributed by atoms with Crippen LogP contribution in [-0.2, 0) is 4.74 Å². The van der Waals surface area contributed by atoms with Gasteiger partial charge in [-0.25, -0.2) is 0 Å². The molecule has 0 saturated heterocycles. The number of ether oxygens (including phenoxy) is 1. The van der Waals surface area contributed by atoms with E-state index < -0.39 is 0 Å². The SMILES string of the molecule is CCCCCCCCN(CC1=CCC(OC)C=C1)c1ccc(C)cc1. The molecular weight excluding hydrogens is 306 g/mol. The molecule has 0 fully saturated rings. The van der Waals surface area contributed by atoms with Crippen molar-refractivity contribution in [3.63, 3.8) is 0 Å². The first-order valence-corrected chi connectivity index (χ1v) is 9.94. The maximum absolute atomic E-state index is 5.41. The Balaban J connectivity index is 1.91. The summed E-state index contributed by atoms with van der Waals surface area (Å²) in [5.41, 5.74) is 4.06. The third kappa shape index (κ3) is 7.07. The molecule has 0 aromatic heterocycles. The molecule has 1 aromatic carbocycles. The number of anilines is 1. The highest BCUT2D eigenvalue weighted by atomic mass is 16.5. The highest BCUT2D eigenvalue weighted by Gasteiger charge is 2.12. The molecule has 138 valence electrons. The van der Waals surface area contributed by atoms with Crippen LogP contribution in [0.25, 0.3) is 0 Å². The third-order valence-electron chi connectivity index (χ3n) is 4.99. The van der Waals surface area contributed by atoms with E-state index in [9.17, 15) is 0 Å². The summed E-state index contributed by atoms with van der Waals surface area (Å²) in [7, 11) is 1.78. The van der Waals surface area contributed by atoms with Crippen molar-refractivity contribution in [1.29, 1.82) is 0 Å². The lowest BCUT2D eigenvalue weighted by molar-refractivity contribution is 0.142. The molecule has 1 unspecified atom stereocenters. The molecular formula is C23H35NO. The van der Waals surface area contributed by atoms with Crippen molar-refractivity contribution in [2.75, 3.05) is 25.1 Å². The minimum atomic E-state index is 0.246. The monoisotopic (exact) mass is 341 g/mol. The normalized spacial score (nSPS) is 16.8. The summed E-state index contributed by atoms with van der Waals surface area (Å²) in [6, 6.07) is 8.96. The zero-order valence-electron chi connectivity index (χ0n) is 16.3. The molecule has 0 saturated carbocycles. The molecule has 2 rings (SSSR count). The Labute approximate surface area is 154 Å². The number of nitrogens with zero attached hydrogens (tertiary/aromatic N) is 1. The predicted molar refractivity (Wildman–Crippen MR) is 109 cm³/mol. The summed E-state index contributed by atoms with van der Waals surface area (Å²) >= 11 is 0. The predicted octanol–water partition coefficient (Wildman–Crippen LogP) is 6.06. The molecule has 2 nitrogen and oxygen atoms in total. The van der Waals surface area contributed by atoms with Gasteiger partial charge in [0.2, 0.25) is 0 Å². The van der Waals surface area contributed by atoms with Gasteiger partial charge in [0.05, 0.1) is 6.10 Å². The molecule has 2 heteroatoms. The van der Waals surface area contributed by atoms with Crippen LogP contribution in [0.3, 0.4) is 0 Å². The first kappa shape index (κ1) is 19.8. The van der Waals surface area contributed by atoms with Crippen LogP contribution in [0.1, 0.15) is 57.4 Å². The van der Waals surface area contributed by atoms with Crippen molar-refractivity contribution in [2.24, 2.45) is 0 Å². The maximum atomic E-state index is 5.41. The Hall–Kier alpha value is -1.54. The summed E-state index contributed by atoms with van der Waals surface area (Å²) in [6.07, 6.45) is 16.0. The third-order valence-corrected chi connectivity index (χ3v) is 4.99. The van der Waals surface area contributed by atoms with E-state index in [1.165, 1.54) is 55.3 Å². The highest BCUT2D eigenvalue weighted by molar-refractivity contribution is 5.49. The van der Waals surface area contributed by atoms with E-state index in [0.29, 0.717) is 0 Å². The Kier molecular flexibility index (Phi) is 8.82. The minimum absolute atomic E-state index is 0.246. The van der Waals surface area contributed by atoms with Gasteiger partial charge in [0.25, 0.3) is 0 Å². The molecule has 1 aliphatic carbocycles. The lowest BCUT2D eigenvalue weighted by Gasteiger charge is -2.27. The van der Waals surface area contributed by atoms with E-state index in [4.69, 9.17) is 4.74 Å². The highest BCUT2D eigenvalue weighted by Crippen LogP contribution is 2.21. The van der Waals surface area contributed by atoms with Gasteiger partial charge in [-0.2, -0.15) is 0 Å². The van der Waals surface area contributed by atoms with E-state index in [1.54, 1.807) is 7.11 Å². The maximum Gasteiger partial charge on any atom is 0.0789 e. The molecule has 0 aliphatic heterocycles.